The van der Waals surface area contributed by atoms with Gasteiger partial charge in [0.15, 0.2) is 0 Å². The third-order valence-electron chi connectivity index (χ3n) is 7.03. The number of fused-ring (bicyclic) bond motifs is 4. The number of nitrogens with zero attached hydrogens (tertiary/aromatic N) is 2. The average molecular weight is 369 g/mol. The monoisotopic (exact) mass is 368 g/mol. The van der Waals surface area contributed by atoms with E-state index in [9.17, 15) is 0 Å². The van der Waals surface area contributed by atoms with Crippen LogP contribution in [0.4, 0.5) is 11.4 Å². The molecule has 4 rings (SSSR count). The Balaban J connectivity index is 0.00000196. The Kier molecular flexibility index (Phi) is 4.27. The summed E-state index contributed by atoms with van der Waals surface area (Å²) >= 11 is 0. The van der Waals surface area contributed by atoms with Crippen LogP contribution in [0.2, 0.25) is 0 Å². The fraction of sp³-hybridized carbons (Fsp3) is 0.435. The largest absolute Gasteiger partial charge is 1.00 e. The van der Waals surface area contributed by atoms with E-state index in [1.54, 1.807) is 0 Å². The van der Waals surface area contributed by atoms with E-state index in [4.69, 9.17) is 0 Å². The highest BCUT2D eigenvalue weighted by atomic mass is 35.5. The second kappa shape index (κ2) is 5.85. The highest BCUT2D eigenvalue weighted by Gasteiger charge is 2.62. The second-order valence-electron chi connectivity index (χ2n) is 8.32. The van der Waals surface area contributed by atoms with Gasteiger partial charge in [-0.3, -0.25) is 0 Å². The highest BCUT2D eigenvalue weighted by Crippen LogP contribution is 2.54. The Morgan fingerprint density at radius 3 is 2.27 bits per heavy atom. The summed E-state index contributed by atoms with van der Waals surface area (Å²) < 4.78 is 2.55. The van der Waals surface area contributed by atoms with Crippen LogP contribution in [0.5, 0.6) is 0 Å². The summed E-state index contributed by atoms with van der Waals surface area (Å²) in [6.07, 6.45) is 0. The van der Waals surface area contributed by atoms with Crippen LogP contribution in [0.3, 0.4) is 0 Å². The van der Waals surface area contributed by atoms with Gasteiger partial charge in [-0.1, -0.05) is 32.0 Å². The molecule has 1 atom stereocenters. The molecule has 0 aromatic heterocycles. The fourth-order valence-corrected chi connectivity index (χ4v) is 5.00. The van der Waals surface area contributed by atoms with Crippen LogP contribution in [0.15, 0.2) is 36.4 Å². The minimum atomic E-state index is -0.0681. The second-order valence-corrected chi connectivity index (χ2v) is 8.32. The Bertz CT molecular complexity index is 926. The number of likely N-dealkylation sites (N-methyl/N-ethyl adjacent to an activating group) is 1. The maximum absolute atomic E-state index is 2.55. The van der Waals surface area contributed by atoms with Crippen LogP contribution in [-0.4, -0.2) is 29.4 Å². The van der Waals surface area contributed by atoms with Crippen molar-refractivity contribution in [3.63, 3.8) is 0 Å². The number of benzene rings is 2. The first-order valence-corrected chi connectivity index (χ1v) is 9.35. The van der Waals surface area contributed by atoms with Crippen LogP contribution < -0.4 is 17.3 Å². The predicted octanol–water partition coefficient (Wildman–Crippen LogP) is 1.96. The minimum Gasteiger partial charge on any atom is -1.00 e. The van der Waals surface area contributed by atoms with E-state index in [0.29, 0.717) is 0 Å². The number of hydrogen-bond acceptors (Lipinski definition) is 1. The lowest BCUT2D eigenvalue weighted by Gasteiger charge is -2.47. The topological polar surface area (TPSA) is 6.25 Å². The molecule has 2 aromatic carbocycles. The Hall–Kier alpha value is -1.80. The number of hydrogen-bond donors (Lipinski definition) is 0. The van der Waals surface area contributed by atoms with Gasteiger partial charge in [0.1, 0.15) is 17.8 Å². The van der Waals surface area contributed by atoms with Crippen molar-refractivity contribution >= 4 is 17.1 Å². The van der Waals surface area contributed by atoms with Gasteiger partial charge >= 0.3 is 0 Å². The van der Waals surface area contributed by atoms with Crippen molar-refractivity contribution in [2.75, 3.05) is 18.5 Å². The normalized spacial score (nSPS) is 22.5. The first kappa shape index (κ1) is 19.0. The van der Waals surface area contributed by atoms with E-state index in [1.807, 2.05) is 0 Å². The van der Waals surface area contributed by atoms with Crippen molar-refractivity contribution in [1.82, 2.24) is 0 Å². The van der Waals surface area contributed by atoms with Gasteiger partial charge in [0, 0.05) is 24.1 Å². The molecule has 1 unspecified atom stereocenters. The number of anilines is 1. The third-order valence-corrected chi connectivity index (χ3v) is 7.03. The van der Waals surface area contributed by atoms with Crippen molar-refractivity contribution in [2.24, 2.45) is 0 Å². The average Bonchev–Trinajstić information content (AvgIpc) is 2.77. The van der Waals surface area contributed by atoms with Crippen molar-refractivity contribution in [2.45, 2.75) is 52.5 Å². The molecule has 0 fully saturated rings. The van der Waals surface area contributed by atoms with Crippen LogP contribution in [0.1, 0.15) is 49.9 Å². The van der Waals surface area contributed by atoms with Gasteiger partial charge < -0.3 is 17.3 Å². The van der Waals surface area contributed by atoms with E-state index in [-0.39, 0.29) is 23.4 Å². The summed E-state index contributed by atoms with van der Waals surface area (Å²) in [6, 6.07) is 13.7. The maximum atomic E-state index is 2.55. The predicted molar refractivity (Wildman–Crippen MR) is 107 cm³/mol. The molecule has 2 aromatic rings. The maximum Gasteiger partial charge on any atom is 0.229 e. The van der Waals surface area contributed by atoms with E-state index >= 15 is 0 Å². The zero-order valence-corrected chi connectivity index (χ0v) is 17.7. The molecule has 0 spiro atoms. The summed E-state index contributed by atoms with van der Waals surface area (Å²) in [5.74, 6) is 0. The van der Waals surface area contributed by atoms with Gasteiger partial charge in [-0.15, -0.1) is 0 Å². The molecule has 0 radical (unpaired) electrons. The fourth-order valence-electron chi connectivity index (χ4n) is 5.00. The summed E-state index contributed by atoms with van der Waals surface area (Å²) in [4.78, 5) is 2.52. The first-order valence-electron chi connectivity index (χ1n) is 9.35. The standard InChI is InChI=1S/C23H29N2.ClH/c1-8-25-20-14-16(3)15(2)13-19(20)24(7)23(6)21(25)17-11-9-10-12-18(17)22(23,4)5;/h9-14H,8H2,1-7H3;1H/q+1;/p-1. The molecule has 2 aliphatic rings. The first-order chi connectivity index (χ1) is 11.7. The Morgan fingerprint density at radius 1 is 1.00 bits per heavy atom. The summed E-state index contributed by atoms with van der Waals surface area (Å²) in [5.41, 5.74) is 9.70. The van der Waals surface area contributed by atoms with Gasteiger partial charge in [-0.05, 0) is 56.5 Å². The number of aryl methyl sites for hydroxylation is 2. The minimum absolute atomic E-state index is 0. The van der Waals surface area contributed by atoms with Crippen LogP contribution in [-0.2, 0) is 5.41 Å². The summed E-state index contributed by atoms with van der Waals surface area (Å²) in [6.45, 7) is 14.9. The van der Waals surface area contributed by atoms with Crippen LogP contribution in [0, 0.1) is 13.8 Å². The van der Waals surface area contributed by atoms with Crippen LogP contribution in [0.25, 0.3) is 0 Å². The van der Waals surface area contributed by atoms with Crippen molar-refractivity contribution in [3.8, 4) is 0 Å². The quantitative estimate of drug-likeness (QED) is 0.697. The molecule has 0 saturated carbocycles. The zero-order chi connectivity index (χ0) is 18.1. The van der Waals surface area contributed by atoms with E-state index in [1.165, 1.54) is 39.3 Å². The lowest BCUT2D eigenvalue weighted by molar-refractivity contribution is -0.440. The number of halogens is 1. The third kappa shape index (κ3) is 2.02. The molecule has 0 amide bonds. The van der Waals surface area contributed by atoms with Gasteiger partial charge in [-0.25, -0.2) is 0 Å². The molecular formula is C23H29ClN2. The molecule has 0 bridgehead atoms. The van der Waals surface area contributed by atoms with Gasteiger partial charge in [0.05, 0.1) is 0 Å². The zero-order valence-electron chi connectivity index (χ0n) is 16.9. The molecule has 138 valence electrons. The van der Waals surface area contributed by atoms with Crippen LogP contribution >= 0.6 is 0 Å². The number of rotatable bonds is 1. The molecule has 0 saturated heterocycles. The lowest BCUT2D eigenvalue weighted by Crippen LogP contribution is -3.00. The Labute approximate surface area is 164 Å². The molecule has 1 heterocycles. The van der Waals surface area contributed by atoms with Crippen molar-refractivity contribution < 1.29 is 17.0 Å². The summed E-state index contributed by atoms with van der Waals surface area (Å²) in [5, 5.41) is 0. The van der Waals surface area contributed by atoms with E-state index < -0.39 is 0 Å². The molecular weight excluding hydrogens is 340 g/mol. The van der Waals surface area contributed by atoms with Gasteiger partial charge in [0.25, 0.3) is 0 Å². The SMILES string of the molecule is CC[N+]1=C2c3ccccc3C(C)(C)C2(C)N(C)c2cc(C)c(C)cc21.[Cl-]. The lowest BCUT2D eigenvalue weighted by atomic mass is 9.71. The van der Waals surface area contributed by atoms with Gasteiger partial charge in [-0.2, -0.15) is 4.58 Å². The van der Waals surface area contributed by atoms with Crippen molar-refractivity contribution in [1.29, 1.82) is 0 Å². The smallest absolute Gasteiger partial charge is 0.229 e. The van der Waals surface area contributed by atoms with Gasteiger partial charge in [0.2, 0.25) is 11.4 Å². The molecule has 26 heavy (non-hydrogen) atoms. The molecule has 3 heteroatoms. The van der Waals surface area contributed by atoms with E-state index in [0.717, 1.165) is 6.54 Å². The highest BCUT2D eigenvalue weighted by molar-refractivity contribution is 6.13. The molecule has 1 aliphatic heterocycles. The summed E-state index contributed by atoms with van der Waals surface area (Å²) in [7, 11) is 2.27. The van der Waals surface area contributed by atoms with E-state index in [2.05, 4.69) is 94.5 Å². The molecule has 2 nitrogen and oxygen atoms in total. The molecule has 1 aliphatic carbocycles. The molecule has 0 N–H and O–H groups in total. The van der Waals surface area contributed by atoms with Crippen molar-refractivity contribution in [3.05, 3.63) is 58.7 Å². The Morgan fingerprint density at radius 2 is 1.62 bits per heavy atom.